The summed E-state index contributed by atoms with van der Waals surface area (Å²) in [6.45, 7) is -0.0268. The SMILES string of the molecule is CN(Cc1ccccc1)P1(F)=NP(F)(F)=NP(F)(N(C)Cc2ccccc2)=N1. The summed E-state index contributed by atoms with van der Waals surface area (Å²) in [6.07, 6.45) is 0. The van der Waals surface area contributed by atoms with Crippen LogP contribution in [0.25, 0.3) is 0 Å². The molecule has 0 saturated carbocycles. The van der Waals surface area contributed by atoms with Gasteiger partial charge in [0.1, 0.15) is 0 Å². The predicted molar refractivity (Wildman–Crippen MR) is 108 cm³/mol. The van der Waals surface area contributed by atoms with Crippen molar-refractivity contribution in [1.29, 1.82) is 0 Å². The van der Waals surface area contributed by atoms with Crippen molar-refractivity contribution in [3.05, 3.63) is 71.8 Å². The van der Waals surface area contributed by atoms with Crippen LogP contribution in [-0.2, 0) is 13.1 Å². The summed E-state index contributed by atoms with van der Waals surface area (Å²) < 4.78 is 71.0. The lowest BCUT2D eigenvalue weighted by atomic mass is 10.2. The van der Waals surface area contributed by atoms with Crippen molar-refractivity contribution in [2.75, 3.05) is 14.1 Å². The highest BCUT2D eigenvalue weighted by Gasteiger charge is 2.43. The zero-order valence-corrected chi connectivity index (χ0v) is 18.0. The van der Waals surface area contributed by atoms with Crippen LogP contribution in [0.3, 0.4) is 0 Å². The fraction of sp³-hybridized carbons (Fsp3) is 0.250. The average Bonchev–Trinajstić information content (AvgIpc) is 2.61. The van der Waals surface area contributed by atoms with E-state index in [2.05, 4.69) is 13.5 Å². The molecule has 1 heterocycles. The van der Waals surface area contributed by atoms with Crippen molar-refractivity contribution in [3.8, 4) is 0 Å². The van der Waals surface area contributed by atoms with Crippen LogP contribution in [0.1, 0.15) is 11.1 Å². The van der Waals surface area contributed by atoms with E-state index in [0.29, 0.717) is 11.1 Å². The minimum Gasteiger partial charge on any atom is -0.225 e. The lowest BCUT2D eigenvalue weighted by molar-refractivity contribution is 0.492. The molecular weight excluding hydrogens is 431 g/mol. The van der Waals surface area contributed by atoms with Crippen LogP contribution in [-0.4, -0.2) is 23.4 Å². The van der Waals surface area contributed by atoms with Crippen LogP contribution >= 0.6 is 23.2 Å². The Morgan fingerprint density at radius 1 is 0.643 bits per heavy atom. The molecule has 2 unspecified atom stereocenters. The standard InChI is InChI=1S/C16H20F4N5P3/c1-24(13-15-9-5-3-6-10-15)27(19)21-26(17,18)22-28(20,23-27)25(2)14-16-11-7-4-8-12-16/h3-12H,13-14H2,1-2H3. The number of hydrogen-bond donors (Lipinski definition) is 0. The maximum Gasteiger partial charge on any atom is 0.423 e. The highest BCUT2D eigenvalue weighted by molar-refractivity contribution is 7.79. The van der Waals surface area contributed by atoms with Gasteiger partial charge in [-0.2, -0.15) is 12.9 Å². The topological polar surface area (TPSA) is 43.6 Å². The van der Waals surface area contributed by atoms with Crippen molar-refractivity contribution in [2.24, 2.45) is 13.5 Å². The van der Waals surface area contributed by atoms with Crippen molar-refractivity contribution in [1.82, 2.24) is 9.34 Å². The van der Waals surface area contributed by atoms with E-state index < -0.39 is 23.2 Å². The number of halogens is 4. The van der Waals surface area contributed by atoms with E-state index in [0.717, 1.165) is 9.34 Å². The summed E-state index contributed by atoms with van der Waals surface area (Å²) in [5, 5.41) is 0. The summed E-state index contributed by atoms with van der Waals surface area (Å²) in [5.74, 6) is 0. The third-order valence-electron chi connectivity index (χ3n) is 4.05. The largest absolute Gasteiger partial charge is 0.423 e. The molecule has 0 radical (unpaired) electrons. The lowest BCUT2D eigenvalue weighted by Gasteiger charge is -2.30. The van der Waals surface area contributed by atoms with Gasteiger partial charge in [0.15, 0.2) is 0 Å². The molecular formula is C16H20F4N5P3. The van der Waals surface area contributed by atoms with E-state index in [-0.39, 0.29) is 13.1 Å². The molecule has 0 aromatic heterocycles. The van der Waals surface area contributed by atoms with Crippen molar-refractivity contribution in [2.45, 2.75) is 13.1 Å². The van der Waals surface area contributed by atoms with Crippen LogP contribution in [0, 0.1) is 0 Å². The Bertz CT molecular complexity index is 941. The van der Waals surface area contributed by atoms with Gasteiger partial charge in [0.25, 0.3) is 0 Å². The first-order valence-corrected chi connectivity index (χ1v) is 12.9. The zero-order chi connectivity index (χ0) is 20.4. The number of nitrogens with zero attached hydrogens (tertiary/aromatic N) is 5. The van der Waals surface area contributed by atoms with E-state index in [1.54, 1.807) is 60.7 Å². The van der Waals surface area contributed by atoms with E-state index in [1.807, 2.05) is 0 Å². The minimum atomic E-state index is -5.48. The Kier molecular flexibility index (Phi) is 6.33. The smallest absolute Gasteiger partial charge is 0.225 e. The molecule has 0 amide bonds. The van der Waals surface area contributed by atoms with Gasteiger partial charge in [-0.25, -0.2) is 9.34 Å². The maximum atomic E-state index is 15.5. The Labute approximate surface area is 162 Å². The molecule has 5 nitrogen and oxygen atoms in total. The molecule has 152 valence electrons. The van der Waals surface area contributed by atoms with E-state index in [1.165, 1.54) is 14.1 Å². The van der Waals surface area contributed by atoms with Gasteiger partial charge in [-0.05, 0) is 25.2 Å². The molecule has 1 aliphatic rings. The van der Waals surface area contributed by atoms with Gasteiger partial charge >= 0.3 is 23.2 Å². The molecule has 2 aromatic carbocycles. The van der Waals surface area contributed by atoms with Gasteiger partial charge in [0, 0.05) is 13.1 Å². The van der Waals surface area contributed by atoms with Gasteiger partial charge in [-0.3, -0.25) is 0 Å². The minimum absolute atomic E-state index is 0.0134. The third kappa shape index (κ3) is 5.03. The molecule has 2 aromatic rings. The Morgan fingerprint density at radius 3 is 1.46 bits per heavy atom. The normalized spacial score (nSPS) is 26.4. The fourth-order valence-corrected chi connectivity index (χ4v) is 10.2. The van der Waals surface area contributed by atoms with Gasteiger partial charge in [0.05, 0.1) is 0 Å². The lowest BCUT2D eigenvalue weighted by Crippen LogP contribution is -2.15. The second-order valence-corrected chi connectivity index (χ2v) is 12.7. The van der Waals surface area contributed by atoms with Crippen molar-refractivity contribution >= 4 is 23.2 Å². The number of rotatable bonds is 6. The summed E-state index contributed by atoms with van der Waals surface area (Å²) in [5.41, 5.74) is 1.38. The fourth-order valence-electron chi connectivity index (χ4n) is 2.62. The first kappa shape index (κ1) is 21.5. The zero-order valence-electron chi connectivity index (χ0n) is 15.3. The molecule has 0 spiro atoms. The Balaban J connectivity index is 1.96. The van der Waals surface area contributed by atoms with Gasteiger partial charge in [0.2, 0.25) is 0 Å². The molecule has 0 saturated heterocycles. The molecule has 28 heavy (non-hydrogen) atoms. The summed E-state index contributed by atoms with van der Waals surface area (Å²) in [7, 11) is -12.1. The van der Waals surface area contributed by atoms with Crippen molar-refractivity contribution in [3.63, 3.8) is 0 Å². The first-order valence-electron chi connectivity index (χ1n) is 8.33. The molecule has 0 aliphatic carbocycles. The van der Waals surface area contributed by atoms with Crippen LogP contribution in [0.5, 0.6) is 0 Å². The van der Waals surface area contributed by atoms with Crippen LogP contribution < -0.4 is 0 Å². The van der Waals surface area contributed by atoms with E-state index in [4.69, 9.17) is 0 Å². The number of benzene rings is 2. The quantitative estimate of drug-likeness (QED) is 0.330. The summed E-state index contributed by atoms with van der Waals surface area (Å²) >= 11 is 0. The first-order chi connectivity index (χ1) is 13.1. The van der Waals surface area contributed by atoms with E-state index >= 15 is 8.39 Å². The maximum absolute atomic E-state index is 15.5. The monoisotopic (exact) mass is 451 g/mol. The third-order valence-corrected chi connectivity index (χ3v) is 11.4. The molecule has 1 aliphatic heterocycles. The van der Waals surface area contributed by atoms with E-state index in [9.17, 15) is 8.39 Å². The van der Waals surface area contributed by atoms with Gasteiger partial charge < -0.3 is 0 Å². The molecule has 2 atom stereocenters. The van der Waals surface area contributed by atoms with Crippen LogP contribution in [0.4, 0.5) is 16.8 Å². The molecule has 12 heteroatoms. The highest BCUT2D eigenvalue weighted by atomic mass is 31.3. The molecule has 0 fully saturated rings. The Hall–Kier alpha value is -1.23. The Morgan fingerprint density at radius 2 is 1.04 bits per heavy atom. The second kappa shape index (κ2) is 8.25. The van der Waals surface area contributed by atoms with Crippen LogP contribution in [0.2, 0.25) is 0 Å². The van der Waals surface area contributed by atoms with Crippen molar-refractivity contribution < 1.29 is 16.8 Å². The highest BCUT2D eigenvalue weighted by Crippen LogP contribution is 2.82. The second-order valence-electron chi connectivity index (χ2n) is 6.32. The molecule has 0 bridgehead atoms. The average molecular weight is 451 g/mol. The predicted octanol–water partition coefficient (Wildman–Crippen LogP) is 7.98. The molecule has 3 rings (SSSR count). The number of hydrogen-bond acceptors (Lipinski definition) is 5. The summed E-state index contributed by atoms with van der Waals surface area (Å²) in [6, 6.07) is 17.5. The molecule has 0 N–H and O–H groups in total. The van der Waals surface area contributed by atoms with Crippen LogP contribution in [0.15, 0.2) is 74.2 Å². The van der Waals surface area contributed by atoms with Gasteiger partial charge in [-0.15, -0.1) is 17.4 Å². The summed E-state index contributed by atoms with van der Waals surface area (Å²) in [4.78, 5) is 0. The van der Waals surface area contributed by atoms with Gasteiger partial charge in [-0.1, -0.05) is 60.7 Å².